The maximum Gasteiger partial charge on any atom is 0.313 e. The Labute approximate surface area is 102 Å². The first-order valence-electron chi connectivity index (χ1n) is 4.84. The van der Waals surface area contributed by atoms with Crippen molar-refractivity contribution in [3.63, 3.8) is 0 Å². The van der Waals surface area contributed by atoms with Crippen LogP contribution in [0.15, 0.2) is 28.8 Å². The third kappa shape index (κ3) is 2.82. The van der Waals surface area contributed by atoms with E-state index in [0.29, 0.717) is 16.7 Å². The maximum atomic E-state index is 11.0. The number of carbonyl (C=O) groups excluding carboxylic acids is 1. The Morgan fingerprint density at radius 3 is 2.76 bits per heavy atom. The largest absolute Gasteiger partial charge is 0.469 e. The zero-order valence-electron chi connectivity index (χ0n) is 9.01. The smallest absolute Gasteiger partial charge is 0.313 e. The van der Waals surface area contributed by atoms with Gasteiger partial charge in [0.1, 0.15) is 6.42 Å². The van der Waals surface area contributed by atoms with Crippen LogP contribution in [0, 0.1) is 0 Å². The van der Waals surface area contributed by atoms with Gasteiger partial charge in [-0.05, 0) is 24.3 Å². The molecule has 0 bridgehead atoms. The van der Waals surface area contributed by atoms with Gasteiger partial charge in [-0.3, -0.25) is 4.79 Å². The van der Waals surface area contributed by atoms with Gasteiger partial charge in [-0.15, -0.1) is 0 Å². The van der Waals surface area contributed by atoms with Crippen molar-refractivity contribution in [2.45, 2.75) is 6.42 Å². The Morgan fingerprint density at radius 1 is 1.41 bits per heavy atom. The zero-order chi connectivity index (χ0) is 12.3. The Morgan fingerprint density at radius 2 is 2.12 bits per heavy atom. The number of carbonyl (C=O) groups is 1. The summed E-state index contributed by atoms with van der Waals surface area (Å²) in [6.45, 7) is 0. The summed E-state index contributed by atoms with van der Waals surface area (Å²) in [6.07, 6.45) is -0.00636. The van der Waals surface area contributed by atoms with Crippen LogP contribution < -0.4 is 0 Å². The number of halogens is 1. The van der Waals surface area contributed by atoms with Crippen LogP contribution in [-0.4, -0.2) is 23.2 Å². The normalized spacial score (nSPS) is 10.2. The van der Waals surface area contributed by atoms with Gasteiger partial charge in [0.25, 0.3) is 5.89 Å². The quantitative estimate of drug-likeness (QED) is 0.783. The van der Waals surface area contributed by atoms with Gasteiger partial charge in [0.05, 0.1) is 7.11 Å². The summed E-state index contributed by atoms with van der Waals surface area (Å²) in [4.78, 5) is 15.1. The van der Waals surface area contributed by atoms with Crippen molar-refractivity contribution >= 4 is 17.6 Å². The molecule has 0 radical (unpaired) electrons. The van der Waals surface area contributed by atoms with Crippen LogP contribution >= 0.6 is 11.6 Å². The molecule has 2 rings (SSSR count). The fourth-order valence-electron chi connectivity index (χ4n) is 1.24. The van der Waals surface area contributed by atoms with E-state index < -0.39 is 5.97 Å². The van der Waals surface area contributed by atoms with Crippen molar-refractivity contribution in [1.82, 2.24) is 10.1 Å². The summed E-state index contributed by atoms with van der Waals surface area (Å²) < 4.78 is 9.53. The molecule has 88 valence electrons. The van der Waals surface area contributed by atoms with Crippen LogP contribution in [-0.2, 0) is 16.0 Å². The van der Waals surface area contributed by atoms with Gasteiger partial charge in [-0.1, -0.05) is 16.8 Å². The van der Waals surface area contributed by atoms with Gasteiger partial charge in [-0.25, -0.2) is 0 Å². The van der Waals surface area contributed by atoms with Crippen LogP contribution in [0.5, 0.6) is 0 Å². The van der Waals surface area contributed by atoms with Crippen molar-refractivity contribution in [2.24, 2.45) is 0 Å². The molecule has 1 heterocycles. The van der Waals surface area contributed by atoms with E-state index in [-0.39, 0.29) is 6.42 Å². The molecule has 0 atom stereocenters. The lowest BCUT2D eigenvalue weighted by molar-refractivity contribution is -0.139. The molecule has 0 unspecified atom stereocenters. The molecule has 0 aliphatic heterocycles. The topological polar surface area (TPSA) is 65.2 Å². The van der Waals surface area contributed by atoms with Crippen molar-refractivity contribution < 1.29 is 14.1 Å². The highest BCUT2D eigenvalue weighted by Crippen LogP contribution is 2.19. The number of nitrogens with zero attached hydrogens (tertiary/aromatic N) is 2. The zero-order valence-corrected chi connectivity index (χ0v) is 9.77. The van der Waals surface area contributed by atoms with E-state index in [2.05, 4.69) is 14.9 Å². The Balaban J connectivity index is 2.18. The van der Waals surface area contributed by atoms with Crippen LogP contribution in [0.1, 0.15) is 5.82 Å². The third-order valence-corrected chi connectivity index (χ3v) is 2.34. The molecular formula is C11H9ClN2O3. The summed E-state index contributed by atoms with van der Waals surface area (Å²) in [5.74, 6) is 0.232. The highest BCUT2D eigenvalue weighted by Gasteiger charge is 2.12. The lowest BCUT2D eigenvalue weighted by Crippen LogP contribution is -2.05. The highest BCUT2D eigenvalue weighted by molar-refractivity contribution is 6.30. The van der Waals surface area contributed by atoms with E-state index in [1.54, 1.807) is 24.3 Å². The molecule has 0 saturated heterocycles. The number of hydrogen-bond donors (Lipinski definition) is 0. The van der Waals surface area contributed by atoms with Crippen LogP contribution in [0.3, 0.4) is 0 Å². The third-order valence-electron chi connectivity index (χ3n) is 2.09. The molecule has 0 spiro atoms. The first-order chi connectivity index (χ1) is 8.19. The SMILES string of the molecule is COC(=O)Cc1noc(-c2ccc(Cl)cc2)n1. The lowest BCUT2D eigenvalue weighted by Gasteiger charge is -1.93. The Bertz CT molecular complexity index is 522. The number of ether oxygens (including phenoxy) is 1. The first-order valence-corrected chi connectivity index (χ1v) is 5.22. The Hall–Kier alpha value is -1.88. The molecule has 0 N–H and O–H groups in total. The molecule has 6 heteroatoms. The van der Waals surface area contributed by atoms with Gasteiger partial charge >= 0.3 is 5.97 Å². The standard InChI is InChI=1S/C11H9ClN2O3/c1-16-10(15)6-9-13-11(17-14-9)7-2-4-8(12)5-3-7/h2-5H,6H2,1H3. The summed E-state index contributed by atoms with van der Waals surface area (Å²) in [7, 11) is 1.31. The molecule has 2 aromatic rings. The minimum atomic E-state index is -0.409. The monoisotopic (exact) mass is 252 g/mol. The number of rotatable bonds is 3. The summed E-state index contributed by atoms with van der Waals surface area (Å²) >= 11 is 5.76. The minimum absolute atomic E-state index is 0.00636. The maximum absolute atomic E-state index is 11.0. The summed E-state index contributed by atoms with van der Waals surface area (Å²) in [6, 6.07) is 6.97. The van der Waals surface area contributed by atoms with Gasteiger partial charge < -0.3 is 9.26 Å². The molecule has 0 saturated carbocycles. The predicted molar refractivity (Wildman–Crippen MR) is 60.5 cm³/mol. The number of esters is 1. The predicted octanol–water partition coefficient (Wildman–Crippen LogP) is 2.11. The lowest BCUT2D eigenvalue weighted by atomic mass is 10.2. The van der Waals surface area contributed by atoms with E-state index in [9.17, 15) is 4.79 Å². The highest BCUT2D eigenvalue weighted by atomic mass is 35.5. The van der Waals surface area contributed by atoms with Gasteiger partial charge in [-0.2, -0.15) is 4.98 Å². The fourth-order valence-corrected chi connectivity index (χ4v) is 1.36. The van der Waals surface area contributed by atoms with Crippen molar-refractivity contribution in [3.05, 3.63) is 35.1 Å². The van der Waals surface area contributed by atoms with Crippen LogP contribution in [0.25, 0.3) is 11.5 Å². The van der Waals surface area contributed by atoms with Crippen LogP contribution in [0.2, 0.25) is 5.02 Å². The fraction of sp³-hybridized carbons (Fsp3) is 0.182. The van der Waals surface area contributed by atoms with E-state index >= 15 is 0 Å². The summed E-state index contributed by atoms with van der Waals surface area (Å²) in [5, 5.41) is 4.31. The molecule has 0 aliphatic rings. The molecule has 17 heavy (non-hydrogen) atoms. The van der Waals surface area contributed by atoms with E-state index in [4.69, 9.17) is 16.1 Å². The summed E-state index contributed by atoms with van der Waals surface area (Å²) in [5.41, 5.74) is 0.748. The molecule has 1 aromatic carbocycles. The number of methoxy groups -OCH3 is 1. The van der Waals surface area contributed by atoms with Crippen molar-refractivity contribution in [1.29, 1.82) is 0 Å². The second kappa shape index (κ2) is 4.97. The average molecular weight is 253 g/mol. The minimum Gasteiger partial charge on any atom is -0.469 e. The van der Waals surface area contributed by atoms with Gasteiger partial charge in [0.15, 0.2) is 5.82 Å². The number of benzene rings is 1. The second-order valence-electron chi connectivity index (χ2n) is 3.28. The van der Waals surface area contributed by atoms with Gasteiger partial charge in [0.2, 0.25) is 0 Å². The van der Waals surface area contributed by atoms with E-state index in [0.717, 1.165) is 5.56 Å². The molecular weight excluding hydrogens is 244 g/mol. The first kappa shape index (κ1) is 11.6. The second-order valence-corrected chi connectivity index (χ2v) is 3.71. The Kier molecular flexibility index (Phi) is 3.39. The number of hydrogen-bond acceptors (Lipinski definition) is 5. The molecule has 5 nitrogen and oxygen atoms in total. The van der Waals surface area contributed by atoms with E-state index in [1.807, 2.05) is 0 Å². The molecule has 1 aromatic heterocycles. The average Bonchev–Trinajstić information content (AvgIpc) is 2.78. The molecule has 0 fully saturated rings. The van der Waals surface area contributed by atoms with Crippen LogP contribution in [0.4, 0.5) is 0 Å². The van der Waals surface area contributed by atoms with E-state index in [1.165, 1.54) is 7.11 Å². The molecule has 0 amide bonds. The van der Waals surface area contributed by atoms with Gasteiger partial charge in [0, 0.05) is 10.6 Å². The van der Waals surface area contributed by atoms with Crippen molar-refractivity contribution in [2.75, 3.05) is 7.11 Å². The molecule has 0 aliphatic carbocycles. The van der Waals surface area contributed by atoms with Crippen molar-refractivity contribution in [3.8, 4) is 11.5 Å². The number of aromatic nitrogens is 2.